The van der Waals surface area contributed by atoms with Gasteiger partial charge in [-0.3, -0.25) is 4.68 Å². The van der Waals surface area contributed by atoms with Crippen LogP contribution in [0, 0.1) is 13.8 Å². The fourth-order valence-electron chi connectivity index (χ4n) is 2.97. The molecule has 0 saturated heterocycles. The fraction of sp³-hybridized carbons (Fsp3) is 0.375. The quantitative estimate of drug-likeness (QED) is 0.776. The average Bonchev–Trinajstić information content (AvgIpc) is 3.03. The molecular formula is C16H18N4O2. The Labute approximate surface area is 127 Å². The van der Waals surface area contributed by atoms with Crippen molar-refractivity contribution in [3.8, 4) is 0 Å². The highest BCUT2D eigenvalue weighted by Crippen LogP contribution is 2.35. The van der Waals surface area contributed by atoms with Gasteiger partial charge in [0.15, 0.2) is 5.58 Å². The highest BCUT2D eigenvalue weighted by atomic mass is 16.4. The third-order valence-corrected chi connectivity index (χ3v) is 4.19. The zero-order valence-corrected chi connectivity index (χ0v) is 12.5. The molecular weight excluding hydrogens is 280 g/mol. The van der Waals surface area contributed by atoms with E-state index in [2.05, 4.69) is 15.4 Å². The maximum atomic E-state index is 10.0. The number of fused-ring (bicyclic) bond motifs is 1. The molecule has 3 atom stereocenters. The molecule has 6 heteroatoms. The highest BCUT2D eigenvalue weighted by Gasteiger charge is 2.42. The first-order valence-corrected chi connectivity index (χ1v) is 7.43. The van der Waals surface area contributed by atoms with Crippen molar-refractivity contribution in [2.45, 2.75) is 38.5 Å². The van der Waals surface area contributed by atoms with Crippen molar-refractivity contribution in [1.29, 1.82) is 0 Å². The molecule has 4 rings (SSSR count). The molecule has 0 radical (unpaired) electrons. The number of aliphatic hydroxyl groups excluding tert-OH is 1. The van der Waals surface area contributed by atoms with E-state index in [9.17, 15) is 5.11 Å². The lowest BCUT2D eigenvalue weighted by Crippen LogP contribution is -2.51. The SMILES string of the molecule is Cc1ccc2oc(N[C@H]3C[C@@H](O)[C@@H]3n3cc(C)cn3)nc2c1. The van der Waals surface area contributed by atoms with E-state index in [0.29, 0.717) is 12.4 Å². The summed E-state index contributed by atoms with van der Waals surface area (Å²) in [7, 11) is 0. The molecule has 0 spiro atoms. The number of hydrogen-bond donors (Lipinski definition) is 2. The molecule has 22 heavy (non-hydrogen) atoms. The first kappa shape index (κ1) is 13.3. The van der Waals surface area contributed by atoms with Crippen molar-refractivity contribution < 1.29 is 9.52 Å². The Morgan fingerprint density at radius 2 is 2.18 bits per heavy atom. The number of nitrogens with zero attached hydrogens (tertiary/aromatic N) is 3. The second kappa shape index (κ2) is 4.84. The number of rotatable bonds is 3. The van der Waals surface area contributed by atoms with Crippen molar-refractivity contribution in [3.05, 3.63) is 41.7 Å². The summed E-state index contributed by atoms with van der Waals surface area (Å²) in [4.78, 5) is 4.46. The lowest BCUT2D eigenvalue weighted by Gasteiger charge is -2.41. The van der Waals surface area contributed by atoms with Gasteiger partial charge in [0, 0.05) is 6.20 Å². The van der Waals surface area contributed by atoms with Gasteiger partial charge in [-0.25, -0.2) is 0 Å². The Balaban J connectivity index is 1.56. The fourth-order valence-corrected chi connectivity index (χ4v) is 2.97. The minimum absolute atomic E-state index is 0.0588. The van der Waals surface area contributed by atoms with E-state index in [0.717, 1.165) is 22.2 Å². The number of anilines is 1. The maximum Gasteiger partial charge on any atom is 0.295 e. The topological polar surface area (TPSA) is 76.1 Å². The Hall–Kier alpha value is -2.34. The number of nitrogens with one attached hydrogen (secondary N) is 1. The number of aryl methyl sites for hydroxylation is 2. The Morgan fingerprint density at radius 3 is 2.91 bits per heavy atom. The van der Waals surface area contributed by atoms with Crippen molar-refractivity contribution >= 4 is 17.1 Å². The summed E-state index contributed by atoms with van der Waals surface area (Å²) >= 11 is 0. The largest absolute Gasteiger partial charge is 0.424 e. The third kappa shape index (κ3) is 2.16. The highest BCUT2D eigenvalue weighted by molar-refractivity contribution is 5.75. The van der Waals surface area contributed by atoms with Crippen LogP contribution in [-0.2, 0) is 0 Å². The monoisotopic (exact) mass is 298 g/mol. The van der Waals surface area contributed by atoms with Crippen LogP contribution in [0.25, 0.3) is 11.1 Å². The van der Waals surface area contributed by atoms with E-state index in [1.54, 1.807) is 6.20 Å². The maximum absolute atomic E-state index is 10.0. The molecule has 0 aliphatic heterocycles. The van der Waals surface area contributed by atoms with E-state index in [1.165, 1.54) is 0 Å². The third-order valence-electron chi connectivity index (χ3n) is 4.19. The van der Waals surface area contributed by atoms with Gasteiger partial charge in [0.25, 0.3) is 6.01 Å². The number of aliphatic hydroxyl groups is 1. The number of aromatic nitrogens is 3. The van der Waals surface area contributed by atoms with Gasteiger partial charge >= 0.3 is 0 Å². The van der Waals surface area contributed by atoms with Crippen LogP contribution in [0.3, 0.4) is 0 Å². The van der Waals surface area contributed by atoms with Gasteiger partial charge in [0.2, 0.25) is 0 Å². The molecule has 3 aromatic rings. The van der Waals surface area contributed by atoms with E-state index >= 15 is 0 Å². The molecule has 1 fully saturated rings. The van der Waals surface area contributed by atoms with E-state index in [1.807, 2.05) is 42.9 Å². The summed E-state index contributed by atoms with van der Waals surface area (Å²) in [6.07, 6.45) is 3.99. The second-order valence-electron chi connectivity index (χ2n) is 6.03. The summed E-state index contributed by atoms with van der Waals surface area (Å²) in [5, 5.41) is 17.6. The predicted octanol–water partition coefficient (Wildman–Crippen LogP) is 2.43. The van der Waals surface area contributed by atoms with Gasteiger partial charge in [-0.1, -0.05) is 6.07 Å². The summed E-state index contributed by atoms with van der Waals surface area (Å²) in [5.41, 5.74) is 3.83. The molecule has 0 amide bonds. The zero-order valence-electron chi connectivity index (χ0n) is 12.5. The molecule has 6 nitrogen and oxygen atoms in total. The van der Waals surface area contributed by atoms with Crippen LogP contribution in [0.5, 0.6) is 0 Å². The number of benzene rings is 1. The molecule has 0 bridgehead atoms. The molecule has 1 aliphatic carbocycles. The predicted molar refractivity (Wildman–Crippen MR) is 82.8 cm³/mol. The Kier molecular flexibility index (Phi) is 2.94. The van der Waals surface area contributed by atoms with Crippen LogP contribution in [0.4, 0.5) is 6.01 Å². The van der Waals surface area contributed by atoms with Crippen LogP contribution in [0.2, 0.25) is 0 Å². The van der Waals surface area contributed by atoms with Crippen molar-refractivity contribution in [1.82, 2.24) is 14.8 Å². The zero-order chi connectivity index (χ0) is 15.3. The van der Waals surface area contributed by atoms with Gasteiger partial charge in [0.1, 0.15) is 5.52 Å². The summed E-state index contributed by atoms with van der Waals surface area (Å²) < 4.78 is 7.53. The van der Waals surface area contributed by atoms with E-state index < -0.39 is 6.10 Å². The van der Waals surface area contributed by atoms with Crippen LogP contribution in [0.1, 0.15) is 23.6 Å². The Morgan fingerprint density at radius 1 is 1.32 bits per heavy atom. The number of oxazole rings is 1. The molecule has 1 saturated carbocycles. The molecule has 1 aromatic carbocycles. The van der Waals surface area contributed by atoms with Crippen LogP contribution in [-0.4, -0.2) is 32.0 Å². The lowest BCUT2D eigenvalue weighted by molar-refractivity contribution is 0.0127. The van der Waals surface area contributed by atoms with Crippen LogP contribution >= 0.6 is 0 Å². The molecule has 2 N–H and O–H groups in total. The summed E-state index contributed by atoms with van der Waals surface area (Å²) in [5.74, 6) is 0. The average molecular weight is 298 g/mol. The molecule has 2 aromatic heterocycles. The van der Waals surface area contributed by atoms with Crippen LogP contribution in [0.15, 0.2) is 35.0 Å². The second-order valence-corrected chi connectivity index (χ2v) is 6.03. The van der Waals surface area contributed by atoms with Gasteiger partial charge in [-0.15, -0.1) is 0 Å². The van der Waals surface area contributed by atoms with E-state index in [-0.39, 0.29) is 12.1 Å². The first-order chi connectivity index (χ1) is 10.6. The minimum atomic E-state index is -0.400. The smallest absolute Gasteiger partial charge is 0.295 e. The van der Waals surface area contributed by atoms with Gasteiger partial charge in [-0.2, -0.15) is 10.1 Å². The molecule has 114 valence electrons. The van der Waals surface area contributed by atoms with Crippen molar-refractivity contribution in [2.24, 2.45) is 0 Å². The minimum Gasteiger partial charge on any atom is -0.424 e. The first-order valence-electron chi connectivity index (χ1n) is 7.43. The molecule has 0 unspecified atom stereocenters. The van der Waals surface area contributed by atoms with Gasteiger partial charge in [-0.05, 0) is 43.5 Å². The van der Waals surface area contributed by atoms with Crippen molar-refractivity contribution in [3.63, 3.8) is 0 Å². The Bertz CT molecular complexity index is 823. The summed E-state index contributed by atoms with van der Waals surface area (Å²) in [6.45, 7) is 4.01. The summed E-state index contributed by atoms with van der Waals surface area (Å²) in [6, 6.07) is 6.38. The lowest BCUT2D eigenvalue weighted by atomic mass is 9.83. The molecule has 2 heterocycles. The van der Waals surface area contributed by atoms with E-state index in [4.69, 9.17) is 4.42 Å². The van der Waals surface area contributed by atoms with Crippen molar-refractivity contribution in [2.75, 3.05) is 5.32 Å². The van der Waals surface area contributed by atoms with Gasteiger partial charge in [0.05, 0.1) is 24.4 Å². The molecule has 1 aliphatic rings. The number of hydrogen-bond acceptors (Lipinski definition) is 5. The normalized spacial score (nSPS) is 24.4. The van der Waals surface area contributed by atoms with Crippen LogP contribution < -0.4 is 5.32 Å². The standard InChI is InChI=1S/C16H18N4O2/c1-9-3-4-14-11(5-9)18-16(22-14)19-12-6-13(21)15(12)20-8-10(2)7-17-20/h3-5,7-8,12-13,15,21H,6H2,1-2H3,(H,18,19)/t12-,13+,15+/m0/s1. The van der Waals surface area contributed by atoms with Gasteiger partial charge < -0.3 is 14.8 Å².